The molecule has 0 bridgehead atoms. The van der Waals surface area contributed by atoms with Crippen LogP contribution in [-0.2, 0) is 5.88 Å². The zero-order valence-electron chi connectivity index (χ0n) is 7.05. The molecule has 1 heterocycles. The summed E-state index contributed by atoms with van der Waals surface area (Å²) in [5, 5.41) is 10.4. The summed E-state index contributed by atoms with van der Waals surface area (Å²) < 4.78 is 1.03. The van der Waals surface area contributed by atoms with Crippen molar-refractivity contribution in [3.05, 3.63) is 33.7 Å². The van der Waals surface area contributed by atoms with Crippen molar-refractivity contribution in [1.82, 2.24) is 0 Å². The molecule has 2 aromatic rings. The second-order valence-corrected chi connectivity index (χ2v) is 4.60. The molecule has 0 saturated heterocycles. The highest BCUT2D eigenvalue weighted by Gasteiger charge is 2.05. The molecule has 0 aliphatic carbocycles. The van der Waals surface area contributed by atoms with Gasteiger partial charge in [-0.15, -0.1) is 22.9 Å². The van der Waals surface area contributed by atoms with E-state index in [2.05, 4.69) is 6.07 Å². The lowest BCUT2D eigenvalue weighted by atomic mass is 10.2. The molecule has 0 spiro atoms. The van der Waals surface area contributed by atoms with Gasteiger partial charge >= 0.3 is 0 Å². The lowest BCUT2D eigenvalue weighted by Crippen LogP contribution is -1.78. The zero-order valence-corrected chi connectivity index (χ0v) is 9.38. The van der Waals surface area contributed by atoms with Crippen LogP contribution in [0, 0.1) is 11.3 Å². The Hall–Kier alpha value is -0.750. The lowest BCUT2D eigenvalue weighted by molar-refractivity contribution is 1.43. The number of alkyl halides is 1. The summed E-state index contributed by atoms with van der Waals surface area (Å²) in [4.78, 5) is 0.697. The molecule has 1 aromatic heterocycles. The van der Waals surface area contributed by atoms with Gasteiger partial charge in [0.1, 0.15) is 10.9 Å². The zero-order chi connectivity index (χ0) is 10.1. The van der Waals surface area contributed by atoms with Crippen molar-refractivity contribution in [2.75, 3.05) is 0 Å². The summed E-state index contributed by atoms with van der Waals surface area (Å²) in [5.74, 6) is 0.395. The van der Waals surface area contributed by atoms with Crippen molar-refractivity contribution >= 4 is 44.6 Å². The van der Waals surface area contributed by atoms with Crippen molar-refractivity contribution in [3.8, 4) is 6.07 Å². The molecule has 0 atom stereocenters. The van der Waals surface area contributed by atoms with Crippen LogP contribution in [0.3, 0.4) is 0 Å². The van der Waals surface area contributed by atoms with E-state index < -0.39 is 0 Å². The number of hydrogen-bond acceptors (Lipinski definition) is 2. The number of nitrogens with zero attached hydrogens (tertiary/aromatic N) is 1. The van der Waals surface area contributed by atoms with Crippen LogP contribution in [0.5, 0.6) is 0 Å². The maximum absolute atomic E-state index is 8.74. The van der Waals surface area contributed by atoms with Crippen molar-refractivity contribution in [2.24, 2.45) is 0 Å². The van der Waals surface area contributed by atoms with Gasteiger partial charge < -0.3 is 0 Å². The van der Waals surface area contributed by atoms with Crippen LogP contribution in [0.25, 0.3) is 10.1 Å². The summed E-state index contributed by atoms with van der Waals surface area (Å²) in [6.45, 7) is 0. The molecule has 0 saturated carbocycles. The molecule has 0 amide bonds. The molecule has 14 heavy (non-hydrogen) atoms. The molecule has 0 aliphatic rings. The van der Waals surface area contributed by atoms with Crippen molar-refractivity contribution in [1.29, 1.82) is 5.26 Å². The molecule has 70 valence electrons. The number of thiophene rings is 1. The number of fused-ring (bicyclic) bond motifs is 1. The van der Waals surface area contributed by atoms with E-state index in [0.717, 1.165) is 15.6 Å². The predicted octanol–water partition coefficient (Wildman–Crippen LogP) is 4.17. The number of rotatable bonds is 1. The normalized spacial score (nSPS) is 10.4. The third kappa shape index (κ3) is 1.59. The number of halogens is 2. The van der Waals surface area contributed by atoms with Gasteiger partial charge in [0, 0.05) is 15.6 Å². The molecule has 0 unspecified atom stereocenters. The highest BCUT2D eigenvalue weighted by atomic mass is 35.5. The number of hydrogen-bond donors (Lipinski definition) is 0. The molecule has 1 nitrogen and oxygen atoms in total. The van der Waals surface area contributed by atoms with E-state index in [9.17, 15) is 0 Å². The van der Waals surface area contributed by atoms with E-state index in [0.29, 0.717) is 15.8 Å². The van der Waals surface area contributed by atoms with Gasteiger partial charge in [-0.05, 0) is 29.1 Å². The minimum Gasteiger partial charge on any atom is -0.192 e. The van der Waals surface area contributed by atoms with Gasteiger partial charge in [0.25, 0.3) is 0 Å². The first-order chi connectivity index (χ1) is 6.74. The topological polar surface area (TPSA) is 23.8 Å². The molecule has 0 fully saturated rings. The second kappa shape index (κ2) is 3.78. The van der Waals surface area contributed by atoms with Crippen LogP contribution in [-0.4, -0.2) is 0 Å². The maximum Gasteiger partial charge on any atom is 0.110 e. The Morgan fingerprint density at radius 3 is 2.79 bits per heavy atom. The first-order valence-electron chi connectivity index (χ1n) is 3.92. The third-order valence-corrected chi connectivity index (χ3v) is 3.58. The van der Waals surface area contributed by atoms with Crippen LogP contribution in [0.1, 0.15) is 10.4 Å². The summed E-state index contributed by atoms with van der Waals surface area (Å²) >= 11 is 13.2. The summed E-state index contributed by atoms with van der Waals surface area (Å²) in [6, 6.07) is 7.76. The highest BCUT2D eigenvalue weighted by Crippen LogP contribution is 2.31. The molecule has 1 aromatic carbocycles. The van der Waals surface area contributed by atoms with Crippen molar-refractivity contribution in [3.63, 3.8) is 0 Å². The molecule has 4 heteroatoms. The number of nitriles is 1. The predicted molar refractivity (Wildman–Crippen MR) is 61.1 cm³/mol. The van der Waals surface area contributed by atoms with E-state index in [1.165, 1.54) is 11.3 Å². The third-order valence-electron chi connectivity index (χ3n) is 1.94. The first-order valence-corrected chi connectivity index (χ1v) is 5.65. The fourth-order valence-corrected chi connectivity index (χ4v) is 2.73. The van der Waals surface area contributed by atoms with Gasteiger partial charge in [0.2, 0.25) is 0 Å². The average Bonchev–Trinajstić information content (AvgIpc) is 2.58. The van der Waals surface area contributed by atoms with E-state index in [1.54, 1.807) is 0 Å². The molecule has 0 N–H and O–H groups in total. The Morgan fingerprint density at radius 1 is 1.36 bits per heavy atom. The average molecular weight is 242 g/mol. The largest absolute Gasteiger partial charge is 0.192 e. The van der Waals surface area contributed by atoms with Gasteiger partial charge in [-0.1, -0.05) is 11.6 Å². The Kier molecular flexibility index (Phi) is 2.64. The van der Waals surface area contributed by atoms with Gasteiger partial charge in [-0.3, -0.25) is 0 Å². The van der Waals surface area contributed by atoms with Crippen LogP contribution in [0.2, 0.25) is 5.02 Å². The minimum atomic E-state index is 0.395. The van der Waals surface area contributed by atoms with Gasteiger partial charge in [-0.25, -0.2) is 0 Å². The Balaban J connectivity index is 2.71. The van der Waals surface area contributed by atoms with Crippen LogP contribution in [0.4, 0.5) is 0 Å². The van der Waals surface area contributed by atoms with E-state index in [-0.39, 0.29) is 0 Å². The fraction of sp³-hybridized carbons (Fsp3) is 0.100. The van der Waals surface area contributed by atoms with E-state index in [1.807, 2.05) is 18.2 Å². The Bertz CT molecular complexity index is 525. The van der Waals surface area contributed by atoms with Gasteiger partial charge in [-0.2, -0.15) is 5.26 Å². The Morgan fingerprint density at radius 2 is 2.14 bits per heavy atom. The van der Waals surface area contributed by atoms with Crippen LogP contribution < -0.4 is 0 Å². The molecule has 0 aliphatic heterocycles. The van der Waals surface area contributed by atoms with E-state index in [4.69, 9.17) is 28.5 Å². The lowest BCUT2D eigenvalue weighted by Gasteiger charge is -1.98. The number of benzene rings is 1. The smallest absolute Gasteiger partial charge is 0.110 e. The monoisotopic (exact) mass is 241 g/mol. The van der Waals surface area contributed by atoms with Crippen molar-refractivity contribution in [2.45, 2.75) is 5.88 Å². The SMILES string of the molecule is N#Cc1cc2cc(CCl)c(Cl)cc2s1. The molecule has 2 rings (SSSR count). The summed E-state index contributed by atoms with van der Waals surface area (Å²) in [6.07, 6.45) is 0. The fourth-order valence-electron chi connectivity index (χ4n) is 1.27. The summed E-state index contributed by atoms with van der Waals surface area (Å²) in [5.41, 5.74) is 0.906. The van der Waals surface area contributed by atoms with Crippen molar-refractivity contribution < 1.29 is 0 Å². The van der Waals surface area contributed by atoms with Gasteiger partial charge in [0.15, 0.2) is 0 Å². The Labute approximate surface area is 95.5 Å². The molecular formula is C10H5Cl2NS. The van der Waals surface area contributed by atoms with E-state index >= 15 is 0 Å². The summed E-state index contributed by atoms with van der Waals surface area (Å²) in [7, 11) is 0. The van der Waals surface area contributed by atoms with Gasteiger partial charge in [0.05, 0.1) is 0 Å². The maximum atomic E-state index is 8.74. The van der Waals surface area contributed by atoms with Crippen LogP contribution >= 0.6 is 34.5 Å². The standard InChI is InChI=1S/C10H5Cl2NS/c11-4-7-1-6-2-8(5-13)14-10(6)3-9(7)12/h1-3H,4H2. The molecule has 0 radical (unpaired) electrons. The quantitative estimate of drug-likeness (QED) is 0.688. The minimum absolute atomic E-state index is 0.395. The van der Waals surface area contributed by atoms with Crippen LogP contribution in [0.15, 0.2) is 18.2 Å². The first kappa shape index (κ1) is 9.79. The molecular weight excluding hydrogens is 237 g/mol. The highest BCUT2D eigenvalue weighted by molar-refractivity contribution is 7.19. The second-order valence-electron chi connectivity index (χ2n) is 2.84.